The molecule has 0 aromatic heterocycles. The summed E-state index contributed by atoms with van der Waals surface area (Å²) in [6, 6.07) is 1.24. The third-order valence-corrected chi connectivity index (χ3v) is 7.08. The zero-order chi connectivity index (χ0) is 18.1. The number of hydrogen-bond donors (Lipinski definition) is 0. The highest BCUT2D eigenvalue weighted by Crippen LogP contribution is 2.45. The minimum absolute atomic E-state index is 0.163. The van der Waals surface area contributed by atoms with Crippen molar-refractivity contribution in [2.24, 2.45) is 5.41 Å². The average Bonchev–Trinajstić information content (AvgIpc) is 3.12. The van der Waals surface area contributed by atoms with Gasteiger partial charge in [-0.15, -0.1) is 0 Å². The molecule has 4 aliphatic rings. The van der Waals surface area contributed by atoms with Crippen molar-refractivity contribution in [1.82, 2.24) is 4.90 Å². The van der Waals surface area contributed by atoms with Crippen LogP contribution < -0.4 is 0 Å². The van der Waals surface area contributed by atoms with E-state index in [9.17, 15) is 9.59 Å². The number of cyclic esters (lactones) is 2. The van der Waals surface area contributed by atoms with Crippen LogP contribution in [0.4, 0.5) is 0 Å². The average molecular weight is 363 g/mol. The molecule has 2 saturated carbocycles. The van der Waals surface area contributed by atoms with Crippen LogP contribution in [0.25, 0.3) is 0 Å². The minimum atomic E-state index is -1.02. The Hall–Kier alpha value is -1.10. The first-order chi connectivity index (χ1) is 12.6. The summed E-state index contributed by atoms with van der Waals surface area (Å²) >= 11 is 0. The largest absolute Gasteiger partial charge is 0.462 e. The molecular weight excluding hydrogens is 330 g/mol. The van der Waals surface area contributed by atoms with Gasteiger partial charge in [0.1, 0.15) is 12.2 Å². The van der Waals surface area contributed by atoms with Crippen molar-refractivity contribution in [2.75, 3.05) is 6.54 Å². The van der Waals surface area contributed by atoms with Crippen LogP contribution >= 0.6 is 0 Å². The highest BCUT2D eigenvalue weighted by atomic mass is 16.6. The topological polar surface area (TPSA) is 55.8 Å². The summed E-state index contributed by atoms with van der Waals surface area (Å²) in [5.41, 5.74) is -1.02. The van der Waals surface area contributed by atoms with Gasteiger partial charge in [-0.3, -0.25) is 14.5 Å². The quantitative estimate of drug-likeness (QED) is 0.564. The molecule has 0 aromatic carbocycles. The lowest BCUT2D eigenvalue weighted by molar-refractivity contribution is -0.158. The first-order valence-corrected chi connectivity index (χ1v) is 10.8. The van der Waals surface area contributed by atoms with Gasteiger partial charge in [-0.2, -0.15) is 0 Å². The fraction of sp³-hybridized carbons (Fsp3) is 0.905. The molecule has 0 aromatic rings. The molecule has 0 N–H and O–H groups in total. The number of rotatable bonds is 4. The Morgan fingerprint density at radius 1 is 0.846 bits per heavy atom. The Labute approximate surface area is 156 Å². The molecule has 3 atom stereocenters. The monoisotopic (exact) mass is 363 g/mol. The summed E-state index contributed by atoms with van der Waals surface area (Å²) in [6.45, 7) is 2.66. The predicted octanol–water partition coefficient (Wildman–Crippen LogP) is 3.59. The Morgan fingerprint density at radius 3 is 1.88 bits per heavy atom. The van der Waals surface area contributed by atoms with Crippen molar-refractivity contribution >= 4 is 11.9 Å². The van der Waals surface area contributed by atoms with Gasteiger partial charge in [0.2, 0.25) is 0 Å². The molecule has 2 saturated heterocycles. The lowest BCUT2D eigenvalue weighted by Crippen LogP contribution is -2.48. The van der Waals surface area contributed by atoms with Crippen LogP contribution in [0.3, 0.4) is 0 Å². The van der Waals surface area contributed by atoms with E-state index in [1.54, 1.807) is 0 Å². The van der Waals surface area contributed by atoms with E-state index in [1.165, 1.54) is 64.2 Å². The van der Waals surface area contributed by atoms with Crippen LogP contribution in [0, 0.1) is 5.41 Å². The molecule has 5 nitrogen and oxygen atoms in total. The van der Waals surface area contributed by atoms with Crippen molar-refractivity contribution in [3.63, 3.8) is 0 Å². The molecule has 0 unspecified atom stereocenters. The van der Waals surface area contributed by atoms with Gasteiger partial charge < -0.3 is 9.47 Å². The second-order valence-corrected chi connectivity index (χ2v) is 9.01. The second-order valence-electron chi connectivity index (χ2n) is 9.01. The van der Waals surface area contributed by atoms with Gasteiger partial charge in [0.25, 0.3) is 0 Å². The van der Waals surface area contributed by atoms with E-state index in [0.717, 1.165) is 6.54 Å². The van der Waals surface area contributed by atoms with E-state index in [4.69, 9.17) is 9.47 Å². The Balaban J connectivity index is 1.47. The normalized spacial score (nSPS) is 36.7. The highest BCUT2D eigenvalue weighted by Gasteiger charge is 2.60. The summed E-state index contributed by atoms with van der Waals surface area (Å²) in [5.74, 6) is -0.705. The SMILES string of the molecule is C[C@@H]1C[C@@]2(C[C@H](CN(C3CCCCC3)C3CCCCC3)OC2=O)C(=O)O1. The number of ether oxygens (including phenoxy) is 2. The first-order valence-electron chi connectivity index (χ1n) is 10.8. The summed E-state index contributed by atoms with van der Waals surface area (Å²) in [6.07, 6.45) is 13.6. The molecule has 0 amide bonds. The van der Waals surface area contributed by atoms with Crippen molar-refractivity contribution in [1.29, 1.82) is 0 Å². The van der Waals surface area contributed by atoms with Crippen molar-refractivity contribution < 1.29 is 19.1 Å². The lowest BCUT2D eigenvalue weighted by Gasteiger charge is -2.42. The summed E-state index contributed by atoms with van der Waals surface area (Å²) in [4.78, 5) is 27.5. The highest BCUT2D eigenvalue weighted by molar-refractivity contribution is 6.02. The maximum absolute atomic E-state index is 12.6. The Kier molecular flexibility index (Phi) is 5.27. The molecule has 5 heteroatoms. The van der Waals surface area contributed by atoms with Crippen LogP contribution in [-0.4, -0.2) is 47.7 Å². The van der Waals surface area contributed by atoms with E-state index in [2.05, 4.69) is 4.90 Å². The van der Waals surface area contributed by atoms with Crippen molar-refractivity contribution in [3.8, 4) is 0 Å². The van der Waals surface area contributed by atoms with Gasteiger partial charge in [0, 0.05) is 31.5 Å². The fourth-order valence-corrected chi connectivity index (χ4v) is 5.78. The molecular formula is C21H33NO4. The number of nitrogens with zero attached hydrogens (tertiary/aromatic N) is 1. The molecule has 26 heavy (non-hydrogen) atoms. The van der Waals surface area contributed by atoms with Crippen molar-refractivity contribution in [2.45, 2.75) is 108 Å². The third kappa shape index (κ3) is 3.39. The molecule has 0 radical (unpaired) electrons. The standard InChI is InChI=1S/C21H33NO4/c1-15-12-21(19(23)25-15)13-18(26-20(21)24)14-22(16-8-4-2-5-9-16)17-10-6-3-7-11-17/h15-18H,2-14H2,1H3/t15-,18-,21-/m1/s1. The van der Waals surface area contributed by atoms with Crippen molar-refractivity contribution in [3.05, 3.63) is 0 Å². The molecule has 0 bridgehead atoms. The van der Waals surface area contributed by atoms with Crippen LogP contribution in [-0.2, 0) is 19.1 Å². The number of hydrogen-bond acceptors (Lipinski definition) is 5. The van der Waals surface area contributed by atoms with Gasteiger partial charge in [-0.25, -0.2) is 0 Å². The molecule has 4 fully saturated rings. The van der Waals surface area contributed by atoms with E-state index < -0.39 is 5.41 Å². The van der Waals surface area contributed by atoms with Gasteiger partial charge in [-0.1, -0.05) is 38.5 Å². The molecule has 146 valence electrons. The molecule has 2 aliphatic carbocycles. The molecule has 1 spiro atoms. The van der Waals surface area contributed by atoms with Gasteiger partial charge in [0.05, 0.1) is 0 Å². The third-order valence-electron chi connectivity index (χ3n) is 7.08. The smallest absolute Gasteiger partial charge is 0.324 e. The number of carbonyl (C=O) groups excluding carboxylic acids is 2. The molecule has 4 rings (SSSR count). The van der Waals surface area contributed by atoms with Crippen LogP contribution in [0.5, 0.6) is 0 Å². The van der Waals surface area contributed by atoms with Crippen LogP contribution in [0.1, 0.15) is 84.0 Å². The van der Waals surface area contributed by atoms with Gasteiger partial charge >= 0.3 is 11.9 Å². The van der Waals surface area contributed by atoms with E-state index in [-0.39, 0.29) is 24.1 Å². The maximum atomic E-state index is 12.6. The zero-order valence-corrected chi connectivity index (χ0v) is 16.1. The summed E-state index contributed by atoms with van der Waals surface area (Å²) < 4.78 is 11.1. The van der Waals surface area contributed by atoms with Crippen LogP contribution in [0.15, 0.2) is 0 Å². The lowest BCUT2D eigenvalue weighted by atomic mass is 9.81. The van der Waals surface area contributed by atoms with E-state index in [1.807, 2.05) is 6.92 Å². The van der Waals surface area contributed by atoms with E-state index >= 15 is 0 Å². The number of esters is 2. The van der Waals surface area contributed by atoms with Gasteiger partial charge in [-0.05, 0) is 32.6 Å². The van der Waals surface area contributed by atoms with E-state index in [0.29, 0.717) is 24.9 Å². The molecule has 2 heterocycles. The second kappa shape index (κ2) is 7.49. The van der Waals surface area contributed by atoms with Gasteiger partial charge in [0.15, 0.2) is 5.41 Å². The summed E-state index contributed by atoms with van der Waals surface area (Å²) in [7, 11) is 0. The Morgan fingerprint density at radius 2 is 1.38 bits per heavy atom. The number of carbonyl (C=O) groups is 2. The Bertz CT molecular complexity index is 520. The maximum Gasteiger partial charge on any atom is 0.324 e. The predicted molar refractivity (Wildman–Crippen MR) is 97.6 cm³/mol. The molecule has 2 aliphatic heterocycles. The minimum Gasteiger partial charge on any atom is -0.462 e. The summed E-state index contributed by atoms with van der Waals surface area (Å²) in [5, 5.41) is 0. The van der Waals surface area contributed by atoms with Crippen LogP contribution in [0.2, 0.25) is 0 Å². The fourth-order valence-electron chi connectivity index (χ4n) is 5.78. The first kappa shape index (κ1) is 18.3. The zero-order valence-electron chi connectivity index (χ0n) is 16.1.